The molecule has 2 aliphatic rings. The van der Waals surface area contributed by atoms with Crippen LogP contribution in [-0.2, 0) is 20.9 Å². The highest BCUT2D eigenvalue weighted by Crippen LogP contribution is 2.27. The van der Waals surface area contributed by atoms with Gasteiger partial charge in [-0.15, -0.1) is 0 Å². The molecule has 0 spiro atoms. The van der Waals surface area contributed by atoms with Gasteiger partial charge < -0.3 is 25.4 Å². The molecule has 4 rings (SSSR count). The maximum Gasteiger partial charge on any atom is 0.408 e. The van der Waals surface area contributed by atoms with Gasteiger partial charge in [-0.2, -0.15) is 0 Å². The molecule has 0 bridgehead atoms. The molecule has 2 aromatic carbocycles. The van der Waals surface area contributed by atoms with Gasteiger partial charge in [-0.25, -0.2) is 4.79 Å². The predicted octanol–water partition coefficient (Wildman–Crippen LogP) is 3.58. The van der Waals surface area contributed by atoms with Crippen LogP contribution in [0.1, 0.15) is 49.7 Å². The van der Waals surface area contributed by atoms with Crippen LogP contribution in [0.4, 0.5) is 4.79 Å². The summed E-state index contributed by atoms with van der Waals surface area (Å²) in [7, 11) is 0. The van der Waals surface area contributed by atoms with Gasteiger partial charge in [0.15, 0.2) is 6.04 Å². The molecule has 8 heteroatoms. The molecule has 1 aliphatic heterocycles. The van der Waals surface area contributed by atoms with Crippen molar-refractivity contribution < 1.29 is 23.9 Å². The van der Waals surface area contributed by atoms with Crippen LogP contribution in [0.2, 0.25) is 0 Å². The lowest BCUT2D eigenvalue weighted by atomic mass is 9.84. The lowest BCUT2D eigenvalue weighted by molar-refractivity contribution is -0.144. The third-order valence-electron chi connectivity index (χ3n) is 6.54. The summed E-state index contributed by atoms with van der Waals surface area (Å²) in [4.78, 5) is 37.9. The zero-order valence-electron chi connectivity index (χ0n) is 20.0. The number of benzene rings is 2. The first-order chi connectivity index (χ1) is 17.0. The van der Waals surface area contributed by atoms with Gasteiger partial charge in [-0.1, -0.05) is 74.6 Å². The van der Waals surface area contributed by atoms with E-state index < -0.39 is 30.3 Å². The van der Waals surface area contributed by atoms with E-state index in [0.717, 1.165) is 36.8 Å². The van der Waals surface area contributed by atoms with Gasteiger partial charge in [0.1, 0.15) is 18.4 Å². The average molecular weight is 480 g/mol. The van der Waals surface area contributed by atoms with Crippen LogP contribution in [0.5, 0.6) is 5.75 Å². The molecule has 3 atom stereocenters. The van der Waals surface area contributed by atoms with Crippen LogP contribution in [0.15, 0.2) is 54.6 Å². The van der Waals surface area contributed by atoms with Gasteiger partial charge in [-0.3, -0.25) is 9.59 Å². The zero-order valence-corrected chi connectivity index (χ0v) is 20.0. The van der Waals surface area contributed by atoms with Crippen LogP contribution in [0, 0.1) is 12.8 Å². The van der Waals surface area contributed by atoms with E-state index in [2.05, 4.69) is 16.0 Å². The SMILES string of the molecule is Cc1cccc(OC2NC(=O)C2NC(=O)[C@H](CC2CCCCC2)NC(=O)OCc2ccccc2)c1. The molecular weight excluding hydrogens is 446 g/mol. The van der Waals surface area contributed by atoms with Crippen molar-refractivity contribution in [2.24, 2.45) is 5.92 Å². The molecule has 3 N–H and O–H groups in total. The quantitative estimate of drug-likeness (QED) is 0.477. The van der Waals surface area contributed by atoms with Gasteiger partial charge in [0.05, 0.1) is 0 Å². The van der Waals surface area contributed by atoms with Crippen molar-refractivity contribution in [2.45, 2.75) is 70.4 Å². The van der Waals surface area contributed by atoms with E-state index in [1.165, 1.54) is 6.42 Å². The summed E-state index contributed by atoms with van der Waals surface area (Å²) in [5.41, 5.74) is 1.89. The molecule has 2 unspecified atom stereocenters. The van der Waals surface area contributed by atoms with Crippen molar-refractivity contribution in [3.63, 3.8) is 0 Å². The second kappa shape index (κ2) is 11.7. The average Bonchev–Trinajstić information content (AvgIpc) is 2.86. The fraction of sp³-hybridized carbons (Fsp3) is 0.444. The second-order valence-corrected chi connectivity index (χ2v) is 9.35. The second-order valence-electron chi connectivity index (χ2n) is 9.35. The first kappa shape index (κ1) is 24.6. The minimum absolute atomic E-state index is 0.113. The number of alkyl carbamates (subject to hydrolysis) is 1. The molecule has 8 nitrogen and oxygen atoms in total. The first-order valence-corrected chi connectivity index (χ1v) is 12.3. The number of hydrogen-bond donors (Lipinski definition) is 3. The Balaban J connectivity index is 1.37. The predicted molar refractivity (Wildman–Crippen MR) is 130 cm³/mol. The number of nitrogens with one attached hydrogen (secondary N) is 3. The zero-order chi connectivity index (χ0) is 24.6. The fourth-order valence-corrected chi connectivity index (χ4v) is 4.58. The molecule has 2 aromatic rings. The largest absolute Gasteiger partial charge is 0.468 e. The molecule has 1 aliphatic carbocycles. The lowest BCUT2D eigenvalue weighted by Gasteiger charge is -2.37. The molecule has 1 saturated heterocycles. The fourth-order valence-electron chi connectivity index (χ4n) is 4.58. The van der Waals surface area contributed by atoms with Gasteiger partial charge in [0.2, 0.25) is 12.1 Å². The number of rotatable bonds is 9. The van der Waals surface area contributed by atoms with E-state index in [1.807, 2.05) is 55.5 Å². The highest BCUT2D eigenvalue weighted by Gasteiger charge is 2.43. The normalized spacial score (nSPS) is 20.7. The van der Waals surface area contributed by atoms with Crippen molar-refractivity contribution in [3.8, 4) is 5.75 Å². The first-order valence-electron chi connectivity index (χ1n) is 12.3. The van der Waals surface area contributed by atoms with Crippen molar-refractivity contribution in [2.75, 3.05) is 0 Å². The van der Waals surface area contributed by atoms with Gasteiger partial charge in [0, 0.05) is 0 Å². The van der Waals surface area contributed by atoms with Crippen LogP contribution in [-0.4, -0.2) is 36.2 Å². The topological polar surface area (TPSA) is 106 Å². The van der Waals surface area contributed by atoms with E-state index in [-0.39, 0.29) is 12.5 Å². The van der Waals surface area contributed by atoms with E-state index in [9.17, 15) is 14.4 Å². The Morgan fingerprint density at radius 2 is 1.83 bits per heavy atom. The number of hydrogen-bond acceptors (Lipinski definition) is 5. The molecule has 0 radical (unpaired) electrons. The summed E-state index contributed by atoms with van der Waals surface area (Å²) in [5.74, 6) is 0.211. The Kier molecular flexibility index (Phi) is 8.23. The van der Waals surface area contributed by atoms with Gasteiger partial charge in [-0.05, 0) is 42.5 Å². The summed E-state index contributed by atoms with van der Waals surface area (Å²) in [5, 5.41) is 8.18. The van der Waals surface area contributed by atoms with Crippen LogP contribution < -0.4 is 20.7 Å². The molecule has 186 valence electrons. The van der Waals surface area contributed by atoms with Crippen LogP contribution in [0.25, 0.3) is 0 Å². The highest BCUT2D eigenvalue weighted by molar-refractivity contribution is 5.95. The number of β-lactam (4-membered cyclic amide) rings is 1. The summed E-state index contributed by atoms with van der Waals surface area (Å²) in [6, 6.07) is 15.2. The van der Waals surface area contributed by atoms with Crippen molar-refractivity contribution in [1.29, 1.82) is 0 Å². The Morgan fingerprint density at radius 3 is 2.54 bits per heavy atom. The van der Waals surface area contributed by atoms with E-state index in [1.54, 1.807) is 6.07 Å². The molecule has 2 fully saturated rings. The monoisotopic (exact) mass is 479 g/mol. The summed E-state index contributed by atoms with van der Waals surface area (Å²) < 4.78 is 11.2. The molecule has 35 heavy (non-hydrogen) atoms. The Bertz CT molecular complexity index is 1020. The summed E-state index contributed by atoms with van der Waals surface area (Å²) in [6.45, 7) is 2.06. The summed E-state index contributed by atoms with van der Waals surface area (Å²) >= 11 is 0. The smallest absolute Gasteiger partial charge is 0.408 e. The number of aryl methyl sites for hydroxylation is 1. The molecular formula is C27H33N3O5. The Labute approximate surface area is 205 Å². The Morgan fingerprint density at radius 1 is 1.06 bits per heavy atom. The minimum Gasteiger partial charge on any atom is -0.468 e. The highest BCUT2D eigenvalue weighted by atomic mass is 16.5. The third kappa shape index (κ3) is 6.97. The minimum atomic E-state index is -0.834. The summed E-state index contributed by atoms with van der Waals surface area (Å²) in [6.07, 6.45) is 4.65. The Hall–Kier alpha value is -3.55. The van der Waals surface area contributed by atoms with Crippen LogP contribution in [0.3, 0.4) is 0 Å². The van der Waals surface area contributed by atoms with E-state index in [0.29, 0.717) is 18.1 Å². The van der Waals surface area contributed by atoms with Crippen molar-refractivity contribution in [3.05, 3.63) is 65.7 Å². The number of carbonyl (C=O) groups is 3. The third-order valence-corrected chi connectivity index (χ3v) is 6.54. The molecule has 0 aromatic heterocycles. The van der Waals surface area contributed by atoms with E-state index in [4.69, 9.17) is 9.47 Å². The maximum atomic E-state index is 13.2. The van der Waals surface area contributed by atoms with Crippen LogP contribution >= 0.6 is 0 Å². The molecule has 1 saturated carbocycles. The number of amides is 3. The molecule has 3 amide bonds. The van der Waals surface area contributed by atoms with Gasteiger partial charge in [0.25, 0.3) is 5.91 Å². The van der Waals surface area contributed by atoms with Crippen molar-refractivity contribution in [1.82, 2.24) is 16.0 Å². The standard InChI is InChI=1S/C27H33N3O5/c1-18-9-8-14-21(15-18)35-26-23(25(32)30-26)29-24(31)22(16-19-10-4-2-5-11-19)28-27(33)34-17-20-12-6-3-7-13-20/h3,6-9,12-15,19,22-23,26H,2,4-5,10-11,16-17H2,1H3,(H,28,33)(H,29,31)(H,30,32)/t22-,23?,26?/m0/s1. The van der Waals surface area contributed by atoms with Crippen molar-refractivity contribution >= 4 is 17.9 Å². The maximum absolute atomic E-state index is 13.2. The van der Waals surface area contributed by atoms with Gasteiger partial charge >= 0.3 is 6.09 Å². The number of ether oxygens (including phenoxy) is 2. The lowest BCUT2D eigenvalue weighted by Crippen LogP contribution is -2.72. The molecule has 1 heterocycles. The number of carbonyl (C=O) groups excluding carboxylic acids is 3. The van der Waals surface area contributed by atoms with E-state index >= 15 is 0 Å².